The van der Waals surface area contributed by atoms with Crippen molar-refractivity contribution in [1.29, 1.82) is 0 Å². The fraction of sp³-hybridized carbons (Fsp3) is 0.800. The maximum atomic E-state index is 13.0. The Morgan fingerprint density at radius 3 is 2.65 bits per heavy atom. The van der Waals surface area contributed by atoms with Gasteiger partial charge in [0.05, 0.1) is 19.0 Å². The van der Waals surface area contributed by atoms with Crippen LogP contribution in [0.25, 0.3) is 0 Å². The van der Waals surface area contributed by atoms with Gasteiger partial charge in [-0.2, -0.15) is 13.2 Å². The van der Waals surface area contributed by atoms with Crippen molar-refractivity contribution in [2.75, 3.05) is 43.5 Å². The van der Waals surface area contributed by atoms with E-state index in [1.165, 1.54) is 0 Å². The molecule has 1 N–H and O–H groups in total. The number of carbonyl (C=O) groups excluding carboxylic acids is 1. The Morgan fingerprint density at radius 1 is 1.27 bits per heavy atom. The summed E-state index contributed by atoms with van der Waals surface area (Å²) >= 11 is 0.964. The Morgan fingerprint density at radius 2 is 2.00 bits per heavy atom. The van der Waals surface area contributed by atoms with Gasteiger partial charge in [0.15, 0.2) is 5.16 Å². The Bertz CT molecular complexity index is 576. The first-order chi connectivity index (χ1) is 12.4. The quantitative estimate of drug-likeness (QED) is 0.510. The van der Waals surface area contributed by atoms with Crippen molar-refractivity contribution in [3.8, 4) is 0 Å². The number of unbranched alkanes of at least 4 members (excludes halogenated alkanes) is 2. The number of morpholine rings is 1. The number of halogens is 3. The third kappa shape index (κ3) is 6.67. The highest BCUT2D eigenvalue weighted by atomic mass is 32.2. The second-order valence-corrected chi connectivity index (χ2v) is 6.87. The van der Waals surface area contributed by atoms with Crippen LogP contribution in [0.5, 0.6) is 0 Å². The molecule has 1 aliphatic rings. The lowest BCUT2D eigenvalue weighted by molar-refractivity contribution is -0.141. The molecule has 2 heterocycles. The molecule has 0 saturated carbocycles. The van der Waals surface area contributed by atoms with Gasteiger partial charge in [0, 0.05) is 19.6 Å². The van der Waals surface area contributed by atoms with Crippen molar-refractivity contribution in [3.05, 3.63) is 0 Å². The monoisotopic (exact) mass is 395 g/mol. The number of ether oxygens (including phenoxy) is 1. The van der Waals surface area contributed by atoms with Crippen LogP contribution in [0.2, 0.25) is 0 Å². The lowest BCUT2D eigenvalue weighted by Crippen LogP contribution is -2.38. The third-order valence-electron chi connectivity index (χ3n) is 3.76. The minimum Gasteiger partial charge on any atom is -0.378 e. The molecule has 0 spiro atoms. The molecule has 1 amide bonds. The van der Waals surface area contributed by atoms with Crippen LogP contribution in [-0.4, -0.2) is 65.4 Å². The molecular formula is C15H24F3N5O2S. The summed E-state index contributed by atoms with van der Waals surface area (Å²) in [4.78, 5) is 13.6. The van der Waals surface area contributed by atoms with Crippen LogP contribution in [-0.2, 0) is 16.1 Å². The number of amides is 1. The standard InChI is InChI=1S/C15H24F3N5O2S/c1-2-3-4-5-19-12(24)10-26-14-21-20-13(22-6-8-25-9-7-22)23(14)11-15(16,17)18/h2-11H2,1H3,(H,19,24). The highest BCUT2D eigenvalue weighted by Gasteiger charge is 2.32. The van der Waals surface area contributed by atoms with Gasteiger partial charge in [0.25, 0.3) is 0 Å². The number of nitrogens with one attached hydrogen (secondary N) is 1. The SMILES string of the molecule is CCCCCNC(=O)CSc1nnc(N2CCOCC2)n1CC(F)(F)F. The first-order valence-electron chi connectivity index (χ1n) is 8.63. The van der Waals surface area contributed by atoms with Crippen molar-refractivity contribution in [1.82, 2.24) is 20.1 Å². The average Bonchev–Trinajstić information content (AvgIpc) is 2.98. The van der Waals surface area contributed by atoms with Crippen LogP contribution in [0, 0.1) is 0 Å². The van der Waals surface area contributed by atoms with Crippen molar-refractivity contribution in [2.24, 2.45) is 0 Å². The normalized spacial score (nSPS) is 15.3. The number of thioether (sulfide) groups is 1. The number of anilines is 1. The topological polar surface area (TPSA) is 72.3 Å². The molecular weight excluding hydrogens is 371 g/mol. The second kappa shape index (κ2) is 10.0. The molecule has 0 radical (unpaired) electrons. The minimum atomic E-state index is -4.40. The smallest absolute Gasteiger partial charge is 0.378 e. The molecule has 1 aromatic rings. The van der Waals surface area contributed by atoms with Gasteiger partial charge in [-0.3, -0.25) is 9.36 Å². The van der Waals surface area contributed by atoms with Crippen LogP contribution in [0.15, 0.2) is 5.16 Å². The molecule has 1 fully saturated rings. The zero-order valence-corrected chi connectivity index (χ0v) is 15.5. The Balaban J connectivity index is 2.00. The minimum absolute atomic E-state index is 0.00519. The number of aromatic nitrogens is 3. The maximum Gasteiger partial charge on any atom is 0.406 e. The van der Waals surface area contributed by atoms with Crippen molar-refractivity contribution in [2.45, 2.75) is 44.1 Å². The highest BCUT2D eigenvalue weighted by Crippen LogP contribution is 2.27. The molecule has 26 heavy (non-hydrogen) atoms. The summed E-state index contributed by atoms with van der Waals surface area (Å²) in [6.07, 6.45) is -1.44. The van der Waals surface area contributed by atoms with Gasteiger partial charge in [-0.25, -0.2) is 0 Å². The lowest BCUT2D eigenvalue weighted by Gasteiger charge is -2.28. The molecule has 1 aromatic heterocycles. The summed E-state index contributed by atoms with van der Waals surface area (Å²) < 4.78 is 45.2. The van der Waals surface area contributed by atoms with E-state index in [4.69, 9.17) is 4.74 Å². The van der Waals surface area contributed by atoms with Gasteiger partial charge in [0.2, 0.25) is 11.9 Å². The average molecular weight is 395 g/mol. The number of rotatable bonds is 9. The zero-order valence-electron chi connectivity index (χ0n) is 14.7. The van der Waals surface area contributed by atoms with E-state index in [0.717, 1.165) is 35.6 Å². The first-order valence-corrected chi connectivity index (χ1v) is 9.61. The van der Waals surface area contributed by atoms with Crippen LogP contribution < -0.4 is 10.2 Å². The number of hydrogen-bond acceptors (Lipinski definition) is 6. The van der Waals surface area contributed by atoms with Gasteiger partial charge < -0.3 is 15.0 Å². The predicted octanol–water partition coefficient (Wildman–Crippen LogP) is 2.08. The molecule has 2 rings (SSSR count). The molecule has 11 heteroatoms. The van der Waals surface area contributed by atoms with E-state index < -0.39 is 12.7 Å². The molecule has 0 unspecified atom stereocenters. The fourth-order valence-electron chi connectivity index (χ4n) is 2.49. The van der Waals surface area contributed by atoms with E-state index in [1.54, 1.807) is 4.90 Å². The van der Waals surface area contributed by atoms with E-state index >= 15 is 0 Å². The number of nitrogens with zero attached hydrogens (tertiary/aromatic N) is 4. The van der Waals surface area contributed by atoms with E-state index in [-0.39, 0.29) is 22.8 Å². The van der Waals surface area contributed by atoms with Crippen molar-refractivity contribution < 1.29 is 22.7 Å². The van der Waals surface area contributed by atoms with Crippen LogP contribution >= 0.6 is 11.8 Å². The van der Waals surface area contributed by atoms with Gasteiger partial charge in [-0.05, 0) is 6.42 Å². The molecule has 1 saturated heterocycles. The van der Waals surface area contributed by atoms with Crippen molar-refractivity contribution >= 4 is 23.6 Å². The number of hydrogen-bond donors (Lipinski definition) is 1. The predicted molar refractivity (Wildman–Crippen MR) is 92.4 cm³/mol. The molecule has 0 aliphatic carbocycles. The van der Waals surface area contributed by atoms with Gasteiger partial charge in [-0.1, -0.05) is 31.5 Å². The summed E-state index contributed by atoms with van der Waals surface area (Å²) in [5.41, 5.74) is 0. The van der Waals surface area contributed by atoms with E-state index in [2.05, 4.69) is 22.4 Å². The molecule has 148 valence electrons. The summed E-state index contributed by atoms with van der Waals surface area (Å²) in [7, 11) is 0. The van der Waals surface area contributed by atoms with Crippen LogP contribution in [0.3, 0.4) is 0 Å². The van der Waals surface area contributed by atoms with Gasteiger partial charge in [-0.15, -0.1) is 10.2 Å². The lowest BCUT2D eigenvalue weighted by atomic mass is 10.2. The summed E-state index contributed by atoms with van der Waals surface area (Å²) in [6.45, 7) is 3.23. The fourth-order valence-corrected chi connectivity index (χ4v) is 3.25. The molecule has 1 aliphatic heterocycles. The van der Waals surface area contributed by atoms with Gasteiger partial charge in [0.1, 0.15) is 6.54 Å². The second-order valence-electron chi connectivity index (χ2n) is 5.93. The largest absolute Gasteiger partial charge is 0.406 e. The molecule has 7 nitrogen and oxygen atoms in total. The van der Waals surface area contributed by atoms with E-state index in [0.29, 0.717) is 32.8 Å². The number of carbonyl (C=O) groups is 1. The summed E-state index contributed by atoms with van der Waals surface area (Å²) in [5, 5.41) is 10.6. The van der Waals surface area contributed by atoms with Gasteiger partial charge >= 0.3 is 6.18 Å². The van der Waals surface area contributed by atoms with E-state index in [1.807, 2.05) is 0 Å². The Labute approximate surface area is 154 Å². The maximum absolute atomic E-state index is 13.0. The third-order valence-corrected chi connectivity index (χ3v) is 4.73. The van der Waals surface area contributed by atoms with Crippen molar-refractivity contribution in [3.63, 3.8) is 0 Å². The highest BCUT2D eigenvalue weighted by molar-refractivity contribution is 7.99. The first kappa shape index (κ1) is 20.8. The van der Waals surface area contributed by atoms with E-state index in [9.17, 15) is 18.0 Å². The number of alkyl halides is 3. The molecule has 0 atom stereocenters. The summed E-state index contributed by atoms with van der Waals surface area (Å²) in [6, 6.07) is 0. The molecule has 0 bridgehead atoms. The zero-order chi connectivity index (χ0) is 19.0. The van der Waals surface area contributed by atoms with Crippen LogP contribution in [0.1, 0.15) is 26.2 Å². The molecule has 0 aromatic carbocycles. The Hall–Kier alpha value is -1.49. The van der Waals surface area contributed by atoms with Crippen LogP contribution in [0.4, 0.5) is 19.1 Å². The Kier molecular flexibility index (Phi) is 8.01. The summed E-state index contributed by atoms with van der Waals surface area (Å²) in [5.74, 6) is -0.0531.